The number of benzene rings is 1. The van der Waals surface area contributed by atoms with Gasteiger partial charge in [0.25, 0.3) is 5.91 Å². The normalized spacial score (nSPS) is 22.3. The number of hydrogen-bond acceptors (Lipinski definition) is 8. The van der Waals surface area contributed by atoms with E-state index in [4.69, 9.17) is 24.2 Å². The van der Waals surface area contributed by atoms with Gasteiger partial charge in [-0.05, 0) is 89.3 Å². The Morgan fingerprint density at radius 3 is 2.37 bits per heavy atom. The van der Waals surface area contributed by atoms with Crippen LogP contribution in [-0.4, -0.2) is 55.5 Å². The molecule has 0 aliphatic carbocycles. The van der Waals surface area contributed by atoms with Crippen molar-refractivity contribution in [2.45, 2.75) is 110 Å². The molecule has 0 spiro atoms. The van der Waals surface area contributed by atoms with Crippen molar-refractivity contribution in [3.8, 4) is 6.07 Å². The first kappa shape index (κ1) is 33.2. The van der Waals surface area contributed by atoms with Crippen molar-refractivity contribution >= 4 is 38.3 Å². The zero-order valence-electron chi connectivity index (χ0n) is 27.6. The number of carbonyl (C=O) groups is 1. The van der Waals surface area contributed by atoms with Crippen LogP contribution in [0.3, 0.4) is 0 Å². The molecule has 0 saturated carbocycles. The summed E-state index contributed by atoms with van der Waals surface area (Å²) in [5.41, 5.74) is 6.76. The molecule has 2 saturated heterocycles. The number of amides is 1. The fourth-order valence-corrected chi connectivity index (χ4v) is 6.97. The molecule has 1 amide bonds. The lowest BCUT2D eigenvalue weighted by Crippen LogP contribution is -2.49. The van der Waals surface area contributed by atoms with Gasteiger partial charge in [-0.25, -0.2) is 0 Å². The van der Waals surface area contributed by atoms with E-state index in [1.807, 2.05) is 45.9 Å². The maximum absolute atomic E-state index is 12.5. The number of carbonyl (C=O) groups excluding carboxylic acids is 1. The van der Waals surface area contributed by atoms with Gasteiger partial charge in [-0.1, -0.05) is 26.8 Å². The van der Waals surface area contributed by atoms with Gasteiger partial charge >= 0.3 is 7.12 Å². The average molecular weight is 610 g/mol. The average Bonchev–Trinajstić information content (AvgIpc) is 3.39. The third kappa shape index (κ3) is 6.56. The molecule has 1 aromatic carbocycles. The first-order chi connectivity index (χ1) is 19.7. The van der Waals surface area contributed by atoms with E-state index in [0.717, 1.165) is 11.0 Å². The van der Waals surface area contributed by atoms with Crippen molar-refractivity contribution in [3.63, 3.8) is 0 Å². The SMILES string of the molecule is CC(C)(O[Si](C)(C)C(C)(C)C)c1cc(Nc2nn([C@H]3COCCC3C#N)cc2C(N)=O)ccc1B1OC(C)(C)C(C)(C)O1. The van der Waals surface area contributed by atoms with E-state index in [-0.39, 0.29) is 22.6 Å². The Bertz CT molecular complexity index is 1390. The lowest BCUT2D eigenvalue weighted by molar-refractivity contribution is 0.00578. The summed E-state index contributed by atoms with van der Waals surface area (Å²) in [6.07, 6.45) is 2.20. The molecule has 2 atom stereocenters. The number of nitrogens with two attached hydrogens (primary N) is 1. The highest BCUT2D eigenvalue weighted by atomic mass is 28.4. The molecular weight excluding hydrogens is 561 g/mol. The molecule has 2 fully saturated rings. The summed E-state index contributed by atoms with van der Waals surface area (Å²) >= 11 is 0. The van der Waals surface area contributed by atoms with E-state index in [9.17, 15) is 10.1 Å². The van der Waals surface area contributed by atoms with Gasteiger partial charge in [0, 0.05) is 18.5 Å². The van der Waals surface area contributed by atoms with Gasteiger partial charge in [0.2, 0.25) is 0 Å². The number of ether oxygens (including phenoxy) is 1. The van der Waals surface area contributed by atoms with Gasteiger partial charge in [-0.3, -0.25) is 9.48 Å². The molecule has 0 bridgehead atoms. The Morgan fingerprint density at radius 1 is 1.19 bits per heavy atom. The van der Waals surface area contributed by atoms with Crippen LogP contribution in [0.1, 0.15) is 90.7 Å². The van der Waals surface area contributed by atoms with Gasteiger partial charge in [0.1, 0.15) is 5.56 Å². The number of nitrogens with zero attached hydrogens (tertiary/aromatic N) is 3. The summed E-state index contributed by atoms with van der Waals surface area (Å²) in [6, 6.07) is 7.94. The summed E-state index contributed by atoms with van der Waals surface area (Å²) in [6.45, 7) is 24.3. The van der Waals surface area contributed by atoms with E-state index in [2.05, 4.69) is 64.2 Å². The maximum Gasteiger partial charge on any atom is 0.495 e. The highest BCUT2D eigenvalue weighted by molar-refractivity contribution is 6.74. The number of anilines is 2. The van der Waals surface area contributed by atoms with Crippen LogP contribution in [0, 0.1) is 17.2 Å². The Kier molecular flexibility index (Phi) is 8.76. The second-order valence-corrected chi connectivity index (χ2v) is 19.5. The van der Waals surface area contributed by atoms with Crippen molar-refractivity contribution in [2.75, 3.05) is 18.5 Å². The number of hydrogen-bond donors (Lipinski definition) is 2. The quantitative estimate of drug-likeness (QED) is 0.381. The summed E-state index contributed by atoms with van der Waals surface area (Å²) in [4.78, 5) is 12.5. The van der Waals surface area contributed by atoms with Crippen molar-refractivity contribution in [2.24, 2.45) is 11.7 Å². The van der Waals surface area contributed by atoms with Crippen LogP contribution in [0.5, 0.6) is 0 Å². The van der Waals surface area contributed by atoms with E-state index in [1.54, 1.807) is 10.9 Å². The molecule has 3 N–H and O–H groups in total. The largest absolute Gasteiger partial charge is 0.495 e. The fourth-order valence-electron chi connectivity index (χ4n) is 5.28. The van der Waals surface area contributed by atoms with Crippen LogP contribution in [0.25, 0.3) is 0 Å². The highest BCUT2D eigenvalue weighted by Crippen LogP contribution is 2.43. The van der Waals surface area contributed by atoms with E-state index >= 15 is 0 Å². The fraction of sp³-hybridized carbons (Fsp3) is 0.645. The molecule has 234 valence electrons. The lowest BCUT2D eigenvalue weighted by Gasteiger charge is -2.43. The van der Waals surface area contributed by atoms with E-state index in [0.29, 0.717) is 31.1 Å². The molecule has 12 heteroatoms. The lowest BCUT2D eigenvalue weighted by atomic mass is 9.72. The predicted molar refractivity (Wildman–Crippen MR) is 171 cm³/mol. The van der Waals surface area contributed by atoms with Crippen molar-refractivity contribution in [1.29, 1.82) is 5.26 Å². The number of rotatable bonds is 8. The van der Waals surface area contributed by atoms with Gasteiger partial charge in [-0.15, -0.1) is 0 Å². The molecule has 4 rings (SSSR count). The van der Waals surface area contributed by atoms with Crippen LogP contribution >= 0.6 is 0 Å². The topological polar surface area (TPSA) is 134 Å². The molecule has 2 aromatic rings. The summed E-state index contributed by atoms with van der Waals surface area (Å²) < 4.78 is 27.2. The molecule has 10 nitrogen and oxygen atoms in total. The Balaban J connectivity index is 1.77. The zero-order valence-corrected chi connectivity index (χ0v) is 28.6. The minimum atomic E-state index is -2.20. The molecular formula is C31H48BN5O5Si. The Hall–Kier alpha value is -2.69. The summed E-state index contributed by atoms with van der Waals surface area (Å²) in [5, 5.41) is 17.7. The molecule has 2 aliphatic rings. The number of aromatic nitrogens is 2. The van der Waals surface area contributed by atoms with Crippen molar-refractivity contribution < 1.29 is 23.3 Å². The van der Waals surface area contributed by atoms with E-state index in [1.165, 1.54) is 0 Å². The first-order valence-corrected chi connectivity index (χ1v) is 17.9. The molecule has 1 aromatic heterocycles. The van der Waals surface area contributed by atoms with Crippen LogP contribution in [0.4, 0.5) is 11.5 Å². The van der Waals surface area contributed by atoms with Crippen LogP contribution in [0.15, 0.2) is 24.4 Å². The van der Waals surface area contributed by atoms with Gasteiger partial charge < -0.3 is 29.5 Å². The first-order valence-electron chi connectivity index (χ1n) is 15.0. The zero-order chi connectivity index (χ0) is 32.2. The Morgan fingerprint density at radius 2 is 1.81 bits per heavy atom. The predicted octanol–water partition coefficient (Wildman–Crippen LogP) is 5.38. The molecule has 1 unspecified atom stereocenters. The minimum Gasteiger partial charge on any atom is -0.408 e. The molecule has 2 aliphatic heterocycles. The number of nitrogens with one attached hydrogen (secondary N) is 1. The van der Waals surface area contributed by atoms with Crippen molar-refractivity contribution in [1.82, 2.24) is 9.78 Å². The summed E-state index contributed by atoms with van der Waals surface area (Å²) in [7, 11) is -2.79. The number of primary amides is 1. The maximum atomic E-state index is 12.5. The summed E-state index contributed by atoms with van der Waals surface area (Å²) in [5.74, 6) is -0.580. The van der Waals surface area contributed by atoms with Gasteiger partial charge in [-0.2, -0.15) is 10.4 Å². The smallest absolute Gasteiger partial charge is 0.408 e. The van der Waals surface area contributed by atoms with E-state index < -0.39 is 38.1 Å². The van der Waals surface area contributed by atoms with Gasteiger partial charge in [0.15, 0.2) is 14.1 Å². The third-order valence-corrected chi connectivity index (χ3v) is 14.3. The molecule has 43 heavy (non-hydrogen) atoms. The Labute approximate surface area is 257 Å². The highest BCUT2D eigenvalue weighted by Gasteiger charge is 2.53. The second-order valence-electron chi connectivity index (χ2n) is 14.8. The molecule has 3 heterocycles. The second kappa shape index (κ2) is 11.3. The third-order valence-electron chi connectivity index (χ3n) is 9.62. The van der Waals surface area contributed by atoms with Crippen molar-refractivity contribution in [3.05, 3.63) is 35.5 Å². The minimum absolute atomic E-state index is 0.00201. The van der Waals surface area contributed by atoms with Crippen LogP contribution in [0.2, 0.25) is 18.1 Å². The van der Waals surface area contributed by atoms with Crippen LogP contribution < -0.4 is 16.5 Å². The van der Waals surface area contributed by atoms with Gasteiger partial charge in [0.05, 0.1) is 41.4 Å². The molecule has 0 radical (unpaired) electrons. The monoisotopic (exact) mass is 609 g/mol. The standard InChI is InChI=1S/C31H48BN5O5Si/c1-28(2,3)43(10,11)42-29(4,5)23-16-21(12-13-24(23)32-40-30(6,7)31(8,9)41-32)35-27-22(26(34)38)18-37(36-27)25-19-39-15-14-20(25)17-33/h12-13,16,18,20,25H,14-15,19H2,1-11H3,(H2,34,38)(H,35,36)/t20?,25-/m0/s1. The number of nitriles is 1. The van der Waals surface area contributed by atoms with Crippen LogP contribution in [-0.2, 0) is 24.1 Å².